The SMILES string of the molecule is CCCCCC.[Li][CH](C)N(C(C)C)C(C)C. The molecule has 0 fully saturated rings. The molecule has 0 bridgehead atoms. The Morgan fingerprint density at radius 3 is 1.19 bits per heavy atom. The van der Waals surface area contributed by atoms with Crippen molar-refractivity contribution in [1.82, 2.24) is 4.90 Å². The molecule has 0 aromatic rings. The van der Waals surface area contributed by atoms with Crippen molar-refractivity contribution in [2.75, 3.05) is 0 Å². The summed E-state index contributed by atoms with van der Waals surface area (Å²) in [6.45, 7) is 15.7. The van der Waals surface area contributed by atoms with E-state index in [1.807, 2.05) is 0 Å². The first-order valence-electron chi connectivity index (χ1n) is 7.15. The number of hydrogen-bond acceptors (Lipinski definition) is 1. The first kappa shape index (κ1) is 18.9. The van der Waals surface area contributed by atoms with Crippen molar-refractivity contribution in [1.29, 1.82) is 0 Å². The summed E-state index contributed by atoms with van der Waals surface area (Å²) in [5.41, 5.74) is 0. The molecule has 0 amide bonds. The van der Waals surface area contributed by atoms with Crippen LogP contribution < -0.4 is 0 Å². The Labute approximate surface area is 114 Å². The van der Waals surface area contributed by atoms with Crippen molar-refractivity contribution in [2.45, 2.75) is 90.9 Å². The Morgan fingerprint density at radius 1 is 0.812 bits per heavy atom. The van der Waals surface area contributed by atoms with E-state index in [0.717, 1.165) is 0 Å². The molecule has 0 N–H and O–H groups in total. The minimum absolute atomic E-state index is 0.667. The molecule has 0 rings (SSSR count). The summed E-state index contributed by atoms with van der Waals surface area (Å²) in [6.07, 6.45) is 5.54. The third-order valence-corrected chi connectivity index (χ3v) is 2.75. The van der Waals surface area contributed by atoms with Crippen molar-refractivity contribution >= 4 is 17.7 Å². The monoisotopic (exact) mass is 221 g/mol. The van der Waals surface area contributed by atoms with Crippen LogP contribution in [0.15, 0.2) is 0 Å². The van der Waals surface area contributed by atoms with E-state index >= 15 is 0 Å². The molecule has 16 heavy (non-hydrogen) atoms. The van der Waals surface area contributed by atoms with E-state index in [4.69, 9.17) is 0 Å². The topological polar surface area (TPSA) is 3.24 Å². The third kappa shape index (κ3) is 11.1. The van der Waals surface area contributed by atoms with Crippen LogP contribution in [0.5, 0.6) is 0 Å². The van der Waals surface area contributed by atoms with Gasteiger partial charge in [0.25, 0.3) is 0 Å². The first-order valence-corrected chi connectivity index (χ1v) is 7.15. The van der Waals surface area contributed by atoms with Crippen LogP contribution in [0.4, 0.5) is 0 Å². The van der Waals surface area contributed by atoms with Crippen LogP contribution in [0.3, 0.4) is 0 Å². The van der Waals surface area contributed by atoms with E-state index in [1.165, 1.54) is 25.7 Å². The van der Waals surface area contributed by atoms with E-state index in [9.17, 15) is 0 Å². The summed E-state index contributed by atoms with van der Waals surface area (Å²) >= 11 is 2.25. The van der Waals surface area contributed by atoms with Crippen LogP contribution >= 0.6 is 0 Å². The summed E-state index contributed by atoms with van der Waals surface area (Å²) in [4.78, 5) is 2.50. The Balaban J connectivity index is 0. The van der Waals surface area contributed by atoms with Crippen LogP contribution in [0.25, 0.3) is 0 Å². The molecule has 0 spiro atoms. The summed E-state index contributed by atoms with van der Waals surface area (Å²) in [5, 5.41) is 0. The molecule has 0 aliphatic heterocycles. The van der Waals surface area contributed by atoms with Gasteiger partial charge in [0.2, 0.25) is 0 Å². The third-order valence-electron chi connectivity index (χ3n) is 2.75. The molecule has 1 nitrogen and oxygen atoms in total. The second kappa shape index (κ2) is 12.0. The predicted octanol–water partition coefficient (Wildman–Crippen LogP) is 4.21. The first-order chi connectivity index (χ1) is 7.38. The van der Waals surface area contributed by atoms with Gasteiger partial charge in [0.15, 0.2) is 0 Å². The van der Waals surface area contributed by atoms with Gasteiger partial charge in [-0.2, -0.15) is 0 Å². The maximum absolute atomic E-state index is 2.50. The molecule has 0 aromatic carbocycles. The Morgan fingerprint density at radius 2 is 1.12 bits per heavy atom. The van der Waals surface area contributed by atoms with E-state index in [0.29, 0.717) is 16.8 Å². The molecule has 0 radical (unpaired) electrons. The van der Waals surface area contributed by atoms with E-state index < -0.39 is 0 Å². The quantitative estimate of drug-likeness (QED) is 0.480. The van der Waals surface area contributed by atoms with Gasteiger partial charge >= 0.3 is 74.0 Å². The van der Waals surface area contributed by atoms with Gasteiger partial charge in [-0.15, -0.1) is 0 Å². The van der Waals surface area contributed by atoms with Gasteiger partial charge in [-0.05, 0) is 0 Å². The fourth-order valence-corrected chi connectivity index (χ4v) is 2.29. The molecule has 0 aromatic heterocycles. The molecule has 0 heterocycles. The zero-order valence-corrected chi connectivity index (χ0v) is 13.0. The van der Waals surface area contributed by atoms with E-state index in [1.54, 1.807) is 0 Å². The number of hydrogen-bond donors (Lipinski definition) is 0. The average molecular weight is 221 g/mol. The van der Waals surface area contributed by atoms with Crippen LogP contribution in [-0.4, -0.2) is 39.4 Å². The Kier molecular flexibility index (Phi) is 14.2. The summed E-state index contributed by atoms with van der Waals surface area (Å²) in [7, 11) is 0. The van der Waals surface area contributed by atoms with Gasteiger partial charge in [-0.3, -0.25) is 0 Å². The molecule has 0 saturated heterocycles. The second-order valence-corrected chi connectivity index (χ2v) is 5.44. The molecule has 0 aliphatic rings. The summed E-state index contributed by atoms with van der Waals surface area (Å²) < 4.78 is 0.667. The van der Waals surface area contributed by atoms with Crippen LogP contribution in [0.2, 0.25) is 0 Å². The van der Waals surface area contributed by atoms with Gasteiger partial charge in [-0.1, -0.05) is 39.5 Å². The van der Waals surface area contributed by atoms with Crippen molar-refractivity contribution in [3.8, 4) is 0 Å². The zero-order chi connectivity index (χ0) is 13.1. The predicted molar refractivity (Wildman–Crippen MR) is 77.1 cm³/mol. The van der Waals surface area contributed by atoms with Crippen molar-refractivity contribution in [3.05, 3.63) is 0 Å². The second-order valence-electron chi connectivity index (χ2n) is 5.44. The van der Waals surface area contributed by atoms with Gasteiger partial charge in [-0.25, -0.2) is 0 Å². The summed E-state index contributed by atoms with van der Waals surface area (Å²) in [5.74, 6) is 0. The average Bonchev–Trinajstić information content (AvgIpc) is 2.13. The van der Waals surface area contributed by atoms with Crippen LogP contribution in [-0.2, 0) is 0 Å². The molecule has 1 unspecified atom stereocenters. The van der Waals surface area contributed by atoms with Gasteiger partial charge in [0.05, 0.1) is 0 Å². The van der Waals surface area contributed by atoms with Crippen molar-refractivity contribution in [3.63, 3.8) is 0 Å². The van der Waals surface area contributed by atoms with Crippen molar-refractivity contribution in [2.24, 2.45) is 0 Å². The minimum atomic E-state index is 0.667. The molecular weight excluding hydrogens is 189 g/mol. The molecule has 0 aliphatic carbocycles. The molecule has 0 saturated carbocycles. The standard InChI is InChI=1S/C8H18N.C6H14.Li/c1-6-9(7(2)3)8(4)5;1-3-5-6-4-2;/h6-8H,1-5H3;3-6H2,1-2H3;. The van der Waals surface area contributed by atoms with Gasteiger partial charge < -0.3 is 0 Å². The number of nitrogens with zero attached hydrogens (tertiary/aromatic N) is 1. The fourth-order valence-electron chi connectivity index (χ4n) is 2.29. The number of unbranched alkanes of at least 4 members (excludes halogenated alkanes) is 3. The molecule has 94 valence electrons. The van der Waals surface area contributed by atoms with Crippen LogP contribution in [0.1, 0.15) is 74.1 Å². The zero-order valence-electron chi connectivity index (χ0n) is 13.0. The Hall–Kier alpha value is 0.557. The Bertz CT molecular complexity index is 110. The fraction of sp³-hybridized carbons (Fsp3) is 1.00. The van der Waals surface area contributed by atoms with Gasteiger partial charge in [0, 0.05) is 0 Å². The summed E-state index contributed by atoms with van der Waals surface area (Å²) in [6, 6.07) is 1.33. The molecular formula is C14H32LiN. The number of rotatable bonds is 6. The normalized spacial score (nSPS) is 13.0. The van der Waals surface area contributed by atoms with Gasteiger partial charge in [0.1, 0.15) is 0 Å². The maximum atomic E-state index is 2.50. The van der Waals surface area contributed by atoms with Crippen molar-refractivity contribution < 1.29 is 0 Å². The van der Waals surface area contributed by atoms with E-state index in [2.05, 4.69) is 71.1 Å². The molecule has 1 atom stereocenters. The molecule has 2 heteroatoms. The van der Waals surface area contributed by atoms with E-state index in [-0.39, 0.29) is 0 Å². The van der Waals surface area contributed by atoms with Crippen LogP contribution in [0, 0.1) is 0 Å².